The fourth-order valence-corrected chi connectivity index (χ4v) is 1.32. The molecule has 0 aliphatic carbocycles. The number of rotatable bonds is 2. The molecule has 0 spiro atoms. The summed E-state index contributed by atoms with van der Waals surface area (Å²) in [6.07, 6.45) is 4.18. The van der Waals surface area contributed by atoms with E-state index >= 15 is 0 Å². The zero-order valence-electron chi connectivity index (χ0n) is 6.10. The summed E-state index contributed by atoms with van der Waals surface area (Å²) in [7, 11) is 0. The highest BCUT2D eigenvalue weighted by molar-refractivity contribution is 4.64. The number of nitrogens with zero attached hydrogens (tertiary/aromatic N) is 1. The Morgan fingerprint density at radius 1 is 1.22 bits per heavy atom. The van der Waals surface area contributed by atoms with Crippen molar-refractivity contribution in [3.63, 3.8) is 0 Å². The maximum atomic E-state index is 2.54. The molecule has 1 heterocycles. The average molecular weight is 133 g/mol. The Labute approximate surface area is 56.4 Å². The van der Waals surface area contributed by atoms with Crippen LogP contribution < -0.4 is 0 Å². The van der Waals surface area contributed by atoms with Crippen LogP contribution in [0, 0.1) is 0 Å². The molecule has 1 aliphatic rings. The molecule has 0 radical (unpaired) electrons. The summed E-state index contributed by atoms with van der Waals surface area (Å²) in [6, 6.07) is 0. The van der Waals surface area contributed by atoms with Crippen molar-refractivity contribution in [2.45, 2.75) is 26.2 Å². The Bertz CT molecular complexity index is 59.9. The molecule has 0 amide bonds. The molecular weight excluding hydrogens is 117 g/mol. The summed E-state index contributed by atoms with van der Waals surface area (Å²) in [5.74, 6) is 0. The summed E-state index contributed by atoms with van der Waals surface area (Å²) in [6.45, 7) is 6.28. The van der Waals surface area contributed by atoms with Gasteiger partial charge in [-0.2, -0.15) is 0 Å². The van der Waals surface area contributed by atoms with Crippen molar-refractivity contribution in [2.24, 2.45) is 0 Å². The van der Waals surface area contributed by atoms with Gasteiger partial charge in [0.25, 0.3) is 0 Å². The van der Waals surface area contributed by atoms with Crippen LogP contribution in [0.4, 0.5) is 4.70 Å². The molecule has 1 aliphatic heterocycles. The smallest absolute Gasteiger partial charge is 0.00183 e. The number of likely N-dealkylation sites (tertiary alicyclic amines) is 1. The lowest BCUT2D eigenvalue weighted by Crippen LogP contribution is -2.19. The molecule has 56 valence electrons. The predicted octanol–water partition coefficient (Wildman–Crippen LogP) is 1.64. The summed E-state index contributed by atoms with van der Waals surface area (Å²) >= 11 is 0. The van der Waals surface area contributed by atoms with Crippen LogP contribution in [-0.4, -0.2) is 24.5 Å². The summed E-state index contributed by atoms with van der Waals surface area (Å²) < 4.78 is 0. The predicted molar refractivity (Wildman–Crippen MR) is 38.5 cm³/mol. The van der Waals surface area contributed by atoms with Crippen LogP contribution >= 0.6 is 0 Å². The average Bonchev–Trinajstić information content (AvgIpc) is 2.19. The molecule has 0 aromatic carbocycles. The Morgan fingerprint density at radius 2 is 1.78 bits per heavy atom. The first kappa shape index (κ1) is 8.89. The van der Waals surface area contributed by atoms with E-state index in [0.717, 1.165) is 0 Å². The van der Waals surface area contributed by atoms with Crippen LogP contribution in [0.1, 0.15) is 26.2 Å². The zero-order chi connectivity index (χ0) is 5.82. The number of hydrogen-bond donors (Lipinski definition) is 0. The van der Waals surface area contributed by atoms with E-state index in [9.17, 15) is 0 Å². The van der Waals surface area contributed by atoms with E-state index in [4.69, 9.17) is 0 Å². The summed E-state index contributed by atoms with van der Waals surface area (Å²) in [5.41, 5.74) is 0. The first-order valence-electron chi connectivity index (χ1n) is 3.66. The van der Waals surface area contributed by atoms with Gasteiger partial charge in [0.1, 0.15) is 0 Å². The van der Waals surface area contributed by atoms with Gasteiger partial charge in [0.2, 0.25) is 0 Å². The van der Waals surface area contributed by atoms with E-state index in [0.29, 0.717) is 0 Å². The Hall–Kier alpha value is -0.110. The van der Waals surface area contributed by atoms with Crippen LogP contribution in [0.15, 0.2) is 0 Å². The van der Waals surface area contributed by atoms with Gasteiger partial charge in [0, 0.05) is 0 Å². The number of hydrogen-bond acceptors (Lipinski definition) is 1. The Kier molecular flexibility index (Phi) is 4.68. The van der Waals surface area contributed by atoms with E-state index in [1.54, 1.807) is 0 Å². The Morgan fingerprint density at radius 3 is 2.22 bits per heavy atom. The van der Waals surface area contributed by atoms with Crippen molar-refractivity contribution in [3.8, 4) is 0 Å². The molecular formula is C7H16FN. The van der Waals surface area contributed by atoms with Crippen LogP contribution in [0.2, 0.25) is 0 Å². The van der Waals surface area contributed by atoms with E-state index in [2.05, 4.69) is 11.8 Å². The van der Waals surface area contributed by atoms with E-state index in [1.807, 2.05) is 0 Å². The second-order valence-corrected chi connectivity index (χ2v) is 2.55. The molecule has 0 atom stereocenters. The van der Waals surface area contributed by atoms with Gasteiger partial charge in [-0.05, 0) is 38.9 Å². The molecule has 9 heavy (non-hydrogen) atoms. The molecule has 0 aromatic heterocycles. The van der Waals surface area contributed by atoms with Crippen molar-refractivity contribution in [2.75, 3.05) is 19.6 Å². The van der Waals surface area contributed by atoms with Crippen molar-refractivity contribution in [1.82, 2.24) is 4.90 Å². The quantitative estimate of drug-likeness (QED) is 0.553. The van der Waals surface area contributed by atoms with Crippen LogP contribution in [-0.2, 0) is 0 Å². The topological polar surface area (TPSA) is 3.24 Å². The molecule has 0 aromatic rings. The second-order valence-electron chi connectivity index (χ2n) is 2.55. The molecule has 1 saturated heterocycles. The van der Waals surface area contributed by atoms with E-state index in [1.165, 1.54) is 38.9 Å². The molecule has 0 unspecified atom stereocenters. The van der Waals surface area contributed by atoms with Gasteiger partial charge in [-0.3, -0.25) is 4.70 Å². The fourth-order valence-electron chi connectivity index (χ4n) is 1.32. The second kappa shape index (κ2) is 4.74. The van der Waals surface area contributed by atoms with Crippen LogP contribution in [0.5, 0.6) is 0 Å². The molecule has 0 saturated carbocycles. The summed E-state index contributed by atoms with van der Waals surface area (Å²) in [5, 5.41) is 0. The lowest BCUT2D eigenvalue weighted by molar-refractivity contribution is 0.339. The highest BCUT2D eigenvalue weighted by atomic mass is 19.0. The molecule has 0 N–H and O–H groups in total. The molecule has 1 fully saturated rings. The standard InChI is InChI=1S/C7H15N.FH/c1-2-5-8-6-3-4-7-8;/h2-7H2,1H3;1H. The minimum Gasteiger partial charge on any atom is -0.303 e. The van der Waals surface area contributed by atoms with Crippen molar-refractivity contribution >= 4 is 0 Å². The van der Waals surface area contributed by atoms with Gasteiger partial charge in [-0.1, -0.05) is 6.92 Å². The van der Waals surface area contributed by atoms with Gasteiger partial charge in [0.05, 0.1) is 0 Å². The molecule has 1 nitrogen and oxygen atoms in total. The summed E-state index contributed by atoms with van der Waals surface area (Å²) in [4.78, 5) is 2.54. The third-order valence-electron chi connectivity index (χ3n) is 1.74. The molecule has 1 rings (SSSR count). The third-order valence-corrected chi connectivity index (χ3v) is 1.74. The van der Waals surface area contributed by atoms with Gasteiger partial charge in [-0.15, -0.1) is 0 Å². The van der Waals surface area contributed by atoms with E-state index < -0.39 is 0 Å². The lowest BCUT2D eigenvalue weighted by atomic mass is 10.4. The highest BCUT2D eigenvalue weighted by Gasteiger charge is 2.08. The van der Waals surface area contributed by atoms with E-state index in [-0.39, 0.29) is 4.70 Å². The highest BCUT2D eigenvalue weighted by Crippen LogP contribution is 2.06. The molecule has 0 bridgehead atoms. The zero-order valence-corrected chi connectivity index (χ0v) is 6.10. The van der Waals surface area contributed by atoms with Crippen LogP contribution in [0.3, 0.4) is 0 Å². The van der Waals surface area contributed by atoms with Gasteiger partial charge in [-0.25, -0.2) is 0 Å². The van der Waals surface area contributed by atoms with Crippen molar-refractivity contribution < 1.29 is 4.70 Å². The maximum absolute atomic E-state index is 2.54. The van der Waals surface area contributed by atoms with Gasteiger partial charge in [0.15, 0.2) is 0 Å². The van der Waals surface area contributed by atoms with Crippen LogP contribution in [0.25, 0.3) is 0 Å². The van der Waals surface area contributed by atoms with Crippen molar-refractivity contribution in [3.05, 3.63) is 0 Å². The SMILES string of the molecule is CCCN1CCCC1.F. The van der Waals surface area contributed by atoms with Crippen molar-refractivity contribution in [1.29, 1.82) is 0 Å². The molecule has 2 heteroatoms. The first-order chi connectivity index (χ1) is 3.93. The third kappa shape index (κ3) is 2.80. The number of halogens is 1. The fraction of sp³-hybridized carbons (Fsp3) is 1.00. The maximum Gasteiger partial charge on any atom is -0.00183 e. The Balaban J connectivity index is 0.000000640. The van der Waals surface area contributed by atoms with Gasteiger partial charge >= 0.3 is 0 Å². The minimum absolute atomic E-state index is 0. The lowest BCUT2D eigenvalue weighted by Gasteiger charge is -2.11. The normalized spacial score (nSPS) is 19.7. The first-order valence-corrected chi connectivity index (χ1v) is 3.66. The largest absolute Gasteiger partial charge is 0.303 e. The monoisotopic (exact) mass is 133 g/mol. The minimum atomic E-state index is 0. The van der Waals surface area contributed by atoms with Gasteiger partial charge < -0.3 is 4.90 Å².